The summed E-state index contributed by atoms with van der Waals surface area (Å²) >= 11 is 0. The molecule has 16 heavy (non-hydrogen) atoms. The molecule has 90 valence electrons. The summed E-state index contributed by atoms with van der Waals surface area (Å²) in [6, 6.07) is 0. The van der Waals surface area contributed by atoms with E-state index >= 15 is 0 Å². The van der Waals surface area contributed by atoms with E-state index in [1.54, 1.807) is 5.92 Å². The highest BCUT2D eigenvalue weighted by molar-refractivity contribution is 5.97. The van der Waals surface area contributed by atoms with E-state index in [1.807, 2.05) is 5.92 Å². The summed E-state index contributed by atoms with van der Waals surface area (Å²) in [6.45, 7) is 2.47. The second-order valence-corrected chi connectivity index (χ2v) is 3.46. The quantitative estimate of drug-likeness (QED) is 0.312. The Morgan fingerprint density at radius 2 is 1.69 bits per heavy atom. The predicted octanol–water partition coefficient (Wildman–Crippen LogP) is 1.98. The van der Waals surface area contributed by atoms with Gasteiger partial charge in [0, 0.05) is 11.8 Å². The van der Waals surface area contributed by atoms with Crippen LogP contribution < -0.4 is 0 Å². The Labute approximate surface area is 96.0 Å². The van der Waals surface area contributed by atoms with Crippen LogP contribution in [0.2, 0.25) is 0 Å². The minimum Gasteiger partial charge on any atom is -0.472 e. The Bertz CT molecular complexity index is 272. The first-order chi connectivity index (χ1) is 7.66. The van der Waals surface area contributed by atoms with Gasteiger partial charge in [0.05, 0.1) is 6.61 Å². The van der Waals surface area contributed by atoms with Gasteiger partial charge in [-0.1, -0.05) is 39.0 Å². The topological polar surface area (TPSA) is 63.6 Å². The molecule has 1 N–H and O–H groups in total. The third-order valence-electron chi connectivity index (χ3n) is 2.00. The van der Waals surface area contributed by atoms with Crippen LogP contribution >= 0.6 is 0 Å². The highest BCUT2D eigenvalue weighted by Crippen LogP contribution is 2.04. The molecule has 0 rings (SSSR count). The largest absolute Gasteiger partial charge is 0.472 e. The Morgan fingerprint density at radius 1 is 1.06 bits per heavy atom. The van der Waals surface area contributed by atoms with Crippen molar-refractivity contribution >= 4 is 11.9 Å². The number of carboxylic acid groups (broad SMARTS) is 1. The molecule has 0 unspecified atom stereocenters. The van der Waals surface area contributed by atoms with E-state index < -0.39 is 11.9 Å². The second kappa shape index (κ2) is 10.0. The highest BCUT2D eigenvalue weighted by atomic mass is 16.5. The van der Waals surface area contributed by atoms with E-state index in [4.69, 9.17) is 9.84 Å². The van der Waals surface area contributed by atoms with Gasteiger partial charge in [-0.3, -0.25) is 0 Å². The third kappa shape index (κ3) is 10.6. The van der Waals surface area contributed by atoms with E-state index in [-0.39, 0.29) is 0 Å². The van der Waals surface area contributed by atoms with Crippen molar-refractivity contribution in [3.8, 4) is 11.8 Å². The van der Waals surface area contributed by atoms with Crippen LogP contribution in [0.25, 0.3) is 0 Å². The fourth-order valence-electron chi connectivity index (χ4n) is 1.19. The molecule has 0 fully saturated rings. The number of ether oxygens (including phenoxy) is 1. The minimum absolute atomic E-state index is 0.319. The van der Waals surface area contributed by atoms with Gasteiger partial charge in [0.2, 0.25) is 0 Å². The van der Waals surface area contributed by atoms with E-state index in [1.165, 1.54) is 19.3 Å². The molecule has 4 nitrogen and oxygen atoms in total. The summed E-state index contributed by atoms with van der Waals surface area (Å²) in [7, 11) is 0. The molecule has 4 heteroatoms. The van der Waals surface area contributed by atoms with E-state index in [9.17, 15) is 9.59 Å². The molecule has 0 aromatic heterocycles. The minimum atomic E-state index is -1.32. The lowest BCUT2D eigenvalue weighted by Crippen LogP contribution is -2.03. The fraction of sp³-hybridized carbons (Fsp3) is 0.667. The van der Waals surface area contributed by atoms with Gasteiger partial charge in [0.25, 0.3) is 0 Å². The molecule has 0 aromatic rings. The molecule has 0 amide bonds. The number of aliphatic carboxylic acids is 1. The average molecular weight is 226 g/mol. The molecular formula is C12H18O4. The van der Waals surface area contributed by atoms with Crippen molar-refractivity contribution in [1.29, 1.82) is 0 Å². The molecule has 0 aliphatic heterocycles. The number of hydrogen-bond acceptors (Lipinski definition) is 3. The number of hydrogen-bond donors (Lipinski definition) is 1. The number of carbonyl (C=O) groups is 2. The van der Waals surface area contributed by atoms with Gasteiger partial charge < -0.3 is 9.84 Å². The fourth-order valence-corrected chi connectivity index (χ4v) is 1.19. The van der Waals surface area contributed by atoms with E-state index in [2.05, 4.69) is 6.92 Å². The molecule has 0 radical (unpaired) electrons. The molecule has 0 atom stereocenters. The van der Waals surface area contributed by atoms with Crippen molar-refractivity contribution in [2.24, 2.45) is 0 Å². The van der Waals surface area contributed by atoms with Crippen LogP contribution in [-0.2, 0) is 14.3 Å². The first kappa shape index (κ1) is 14.5. The molecule has 0 saturated heterocycles. The molecule has 0 aliphatic rings. The zero-order valence-electron chi connectivity index (χ0n) is 9.62. The van der Waals surface area contributed by atoms with Crippen LogP contribution in [0.15, 0.2) is 0 Å². The Kier molecular flexibility index (Phi) is 9.09. The summed E-state index contributed by atoms with van der Waals surface area (Å²) in [5, 5.41) is 8.17. The van der Waals surface area contributed by atoms with Gasteiger partial charge in [-0.25, -0.2) is 9.59 Å². The molecule has 0 aliphatic carbocycles. The van der Waals surface area contributed by atoms with Crippen molar-refractivity contribution < 1.29 is 19.4 Å². The standard InChI is InChI=1S/C12H18O4/c1-2-3-4-5-6-7-10-16-12(15)9-8-11(13)14/h2-7,10H2,1H3,(H,13,14). The first-order valence-corrected chi connectivity index (χ1v) is 5.58. The zero-order valence-corrected chi connectivity index (χ0v) is 9.62. The number of esters is 1. The van der Waals surface area contributed by atoms with Crippen LogP contribution in [0.1, 0.15) is 45.4 Å². The Balaban J connectivity index is 3.36. The van der Waals surface area contributed by atoms with Crippen molar-refractivity contribution in [3.63, 3.8) is 0 Å². The summed E-state index contributed by atoms with van der Waals surface area (Å²) in [6.07, 6.45) is 6.64. The second-order valence-electron chi connectivity index (χ2n) is 3.46. The SMILES string of the molecule is CCCCCCCCOC(=O)C#CC(=O)O. The van der Waals surface area contributed by atoms with Crippen molar-refractivity contribution in [2.45, 2.75) is 45.4 Å². The number of carbonyl (C=O) groups excluding carboxylic acids is 1. The summed E-state index contributed by atoms with van der Waals surface area (Å²) < 4.78 is 4.72. The third-order valence-corrected chi connectivity index (χ3v) is 2.00. The summed E-state index contributed by atoms with van der Waals surface area (Å²) in [5.74, 6) is 1.50. The van der Waals surface area contributed by atoms with Crippen LogP contribution in [0, 0.1) is 11.8 Å². The lowest BCUT2D eigenvalue weighted by atomic mass is 10.1. The van der Waals surface area contributed by atoms with Gasteiger partial charge in [-0.2, -0.15) is 0 Å². The van der Waals surface area contributed by atoms with Crippen molar-refractivity contribution in [2.75, 3.05) is 6.61 Å². The smallest absolute Gasteiger partial charge is 0.384 e. The Morgan fingerprint density at radius 3 is 2.31 bits per heavy atom. The van der Waals surface area contributed by atoms with Crippen LogP contribution in [0.5, 0.6) is 0 Å². The number of rotatable bonds is 7. The highest BCUT2D eigenvalue weighted by Gasteiger charge is 1.97. The average Bonchev–Trinajstić information content (AvgIpc) is 2.25. The van der Waals surface area contributed by atoms with Crippen molar-refractivity contribution in [1.82, 2.24) is 0 Å². The molecular weight excluding hydrogens is 208 g/mol. The lowest BCUT2D eigenvalue weighted by Gasteiger charge is -2.00. The maximum absolute atomic E-state index is 10.8. The van der Waals surface area contributed by atoms with E-state index in [0.717, 1.165) is 19.3 Å². The molecule has 0 saturated carbocycles. The normalized spacial score (nSPS) is 9.06. The van der Waals surface area contributed by atoms with E-state index in [0.29, 0.717) is 6.61 Å². The number of carboxylic acids is 1. The number of unbranched alkanes of at least 4 members (excludes halogenated alkanes) is 5. The maximum atomic E-state index is 10.8. The predicted molar refractivity (Wildman–Crippen MR) is 59.7 cm³/mol. The summed E-state index contributed by atoms with van der Waals surface area (Å²) in [4.78, 5) is 20.8. The van der Waals surface area contributed by atoms with Crippen LogP contribution in [0.4, 0.5) is 0 Å². The van der Waals surface area contributed by atoms with Gasteiger partial charge in [-0.05, 0) is 6.42 Å². The van der Waals surface area contributed by atoms with Crippen LogP contribution in [-0.4, -0.2) is 23.7 Å². The van der Waals surface area contributed by atoms with Gasteiger partial charge in [0.15, 0.2) is 0 Å². The molecule has 0 aromatic carbocycles. The van der Waals surface area contributed by atoms with Crippen molar-refractivity contribution in [3.05, 3.63) is 0 Å². The lowest BCUT2D eigenvalue weighted by molar-refractivity contribution is -0.137. The zero-order chi connectivity index (χ0) is 12.2. The Hall–Kier alpha value is -1.50. The summed E-state index contributed by atoms with van der Waals surface area (Å²) in [5.41, 5.74) is 0. The molecule has 0 heterocycles. The van der Waals surface area contributed by atoms with Crippen LogP contribution in [0.3, 0.4) is 0 Å². The van der Waals surface area contributed by atoms with Gasteiger partial charge in [-0.15, -0.1) is 0 Å². The first-order valence-electron chi connectivity index (χ1n) is 5.58. The van der Waals surface area contributed by atoms with Gasteiger partial charge >= 0.3 is 11.9 Å². The van der Waals surface area contributed by atoms with Gasteiger partial charge in [0.1, 0.15) is 0 Å². The molecule has 0 spiro atoms. The monoisotopic (exact) mass is 226 g/mol. The molecule has 0 bridgehead atoms. The maximum Gasteiger partial charge on any atom is 0.384 e.